The van der Waals surface area contributed by atoms with Crippen LogP contribution in [0.1, 0.15) is 32.4 Å². The standard InChI is InChI=1S/C23H24N6O3S/c1-13(2)33(30,31)18-10-8-16(9-11-18)19-12-26-21(25)20(27-19)23-29-28-22(32-23)17-6-4-15(5-7-17)14(3)24/h4-14H,24H2,1-3H3,(H2,25,26). The van der Waals surface area contributed by atoms with Gasteiger partial charge in [0.15, 0.2) is 21.3 Å². The molecule has 0 spiro atoms. The van der Waals surface area contributed by atoms with Gasteiger partial charge in [-0.05, 0) is 50.6 Å². The lowest BCUT2D eigenvalue weighted by Crippen LogP contribution is -2.13. The van der Waals surface area contributed by atoms with Crippen LogP contribution in [0.3, 0.4) is 0 Å². The molecule has 33 heavy (non-hydrogen) atoms. The summed E-state index contributed by atoms with van der Waals surface area (Å²) in [6.07, 6.45) is 1.51. The maximum atomic E-state index is 12.4. The summed E-state index contributed by atoms with van der Waals surface area (Å²) in [4.78, 5) is 8.99. The summed E-state index contributed by atoms with van der Waals surface area (Å²) in [6.45, 7) is 5.20. The summed E-state index contributed by atoms with van der Waals surface area (Å²) in [5, 5.41) is 7.67. The molecule has 170 valence electrons. The van der Waals surface area contributed by atoms with Crippen LogP contribution in [0.2, 0.25) is 0 Å². The minimum absolute atomic E-state index is 0.0744. The molecule has 4 N–H and O–H groups in total. The third kappa shape index (κ3) is 4.48. The van der Waals surface area contributed by atoms with E-state index in [0.717, 1.165) is 11.1 Å². The largest absolute Gasteiger partial charge is 0.414 e. The first kappa shape index (κ1) is 22.6. The van der Waals surface area contributed by atoms with Crippen LogP contribution in [0, 0.1) is 0 Å². The molecule has 0 saturated heterocycles. The van der Waals surface area contributed by atoms with Gasteiger partial charge in [-0.15, -0.1) is 10.2 Å². The van der Waals surface area contributed by atoms with Gasteiger partial charge in [-0.25, -0.2) is 18.4 Å². The number of hydrogen-bond acceptors (Lipinski definition) is 9. The molecular weight excluding hydrogens is 440 g/mol. The molecule has 4 aromatic rings. The Balaban J connectivity index is 1.65. The number of nitrogen functional groups attached to an aromatic ring is 1. The van der Waals surface area contributed by atoms with E-state index in [2.05, 4.69) is 20.2 Å². The number of benzene rings is 2. The van der Waals surface area contributed by atoms with Crippen LogP contribution >= 0.6 is 0 Å². The van der Waals surface area contributed by atoms with E-state index in [9.17, 15) is 8.42 Å². The molecule has 0 aliphatic carbocycles. The van der Waals surface area contributed by atoms with E-state index in [4.69, 9.17) is 15.9 Å². The predicted octanol–water partition coefficient (Wildman–Crippen LogP) is 3.64. The van der Waals surface area contributed by atoms with Crippen molar-refractivity contribution in [1.29, 1.82) is 0 Å². The molecule has 10 heteroatoms. The van der Waals surface area contributed by atoms with Crippen LogP contribution in [-0.4, -0.2) is 33.8 Å². The summed E-state index contributed by atoms with van der Waals surface area (Å²) in [7, 11) is -3.36. The number of sulfone groups is 1. The van der Waals surface area contributed by atoms with Crippen molar-refractivity contribution in [2.24, 2.45) is 5.73 Å². The Hall–Kier alpha value is -3.63. The van der Waals surface area contributed by atoms with Gasteiger partial charge in [0.25, 0.3) is 5.89 Å². The molecule has 4 rings (SSSR count). The molecule has 9 nitrogen and oxygen atoms in total. The van der Waals surface area contributed by atoms with Crippen LogP contribution in [0.4, 0.5) is 5.82 Å². The average molecular weight is 465 g/mol. The van der Waals surface area contributed by atoms with Crippen molar-refractivity contribution in [3.05, 3.63) is 60.3 Å². The minimum atomic E-state index is -3.36. The molecule has 2 heterocycles. The first-order chi connectivity index (χ1) is 15.7. The van der Waals surface area contributed by atoms with E-state index >= 15 is 0 Å². The first-order valence-corrected chi connectivity index (χ1v) is 11.9. The molecule has 1 unspecified atom stereocenters. The highest BCUT2D eigenvalue weighted by atomic mass is 32.2. The summed E-state index contributed by atoms with van der Waals surface area (Å²) in [6, 6.07) is 13.9. The topological polar surface area (TPSA) is 151 Å². The van der Waals surface area contributed by atoms with Gasteiger partial charge in [-0.3, -0.25) is 0 Å². The lowest BCUT2D eigenvalue weighted by Gasteiger charge is -2.09. The van der Waals surface area contributed by atoms with Gasteiger partial charge in [0.2, 0.25) is 5.89 Å². The molecule has 0 fully saturated rings. The van der Waals surface area contributed by atoms with Gasteiger partial charge in [0.05, 0.1) is 22.0 Å². The van der Waals surface area contributed by atoms with Crippen molar-refractivity contribution in [2.45, 2.75) is 37.0 Å². The fourth-order valence-corrected chi connectivity index (χ4v) is 4.21. The van der Waals surface area contributed by atoms with Gasteiger partial charge in [-0.2, -0.15) is 0 Å². The van der Waals surface area contributed by atoms with Gasteiger partial charge < -0.3 is 15.9 Å². The highest BCUT2D eigenvalue weighted by Gasteiger charge is 2.20. The second-order valence-corrected chi connectivity index (χ2v) is 10.4. The van der Waals surface area contributed by atoms with E-state index in [-0.39, 0.29) is 28.3 Å². The molecule has 0 aliphatic heterocycles. The zero-order chi connectivity index (χ0) is 23.8. The third-order valence-corrected chi connectivity index (χ3v) is 7.38. The highest BCUT2D eigenvalue weighted by Crippen LogP contribution is 2.29. The van der Waals surface area contributed by atoms with Crippen LogP contribution in [0.15, 0.2) is 64.0 Å². The number of aromatic nitrogens is 4. The molecule has 0 aliphatic rings. The number of nitrogens with two attached hydrogens (primary N) is 2. The van der Waals surface area contributed by atoms with E-state index in [1.807, 2.05) is 31.2 Å². The fourth-order valence-electron chi connectivity index (χ4n) is 3.15. The van der Waals surface area contributed by atoms with Crippen molar-refractivity contribution in [3.8, 4) is 34.3 Å². The Kier molecular flexibility index (Phi) is 5.96. The predicted molar refractivity (Wildman–Crippen MR) is 126 cm³/mol. The lowest BCUT2D eigenvalue weighted by molar-refractivity contribution is 0.582. The number of nitrogens with zero attached hydrogens (tertiary/aromatic N) is 4. The van der Waals surface area contributed by atoms with Crippen LogP contribution in [0.25, 0.3) is 34.3 Å². The Morgan fingerprint density at radius 2 is 1.48 bits per heavy atom. The summed E-state index contributed by atoms with van der Waals surface area (Å²) < 4.78 is 30.5. The molecule has 0 saturated carbocycles. The molecule has 2 aromatic carbocycles. The van der Waals surface area contributed by atoms with Crippen molar-refractivity contribution in [3.63, 3.8) is 0 Å². The second-order valence-electron chi connectivity index (χ2n) is 7.93. The molecular formula is C23H24N6O3S. The van der Waals surface area contributed by atoms with Crippen molar-refractivity contribution in [1.82, 2.24) is 20.2 Å². The Bertz CT molecular complexity index is 1380. The Morgan fingerprint density at radius 3 is 2.09 bits per heavy atom. The van der Waals surface area contributed by atoms with Gasteiger partial charge in [-0.1, -0.05) is 24.3 Å². The van der Waals surface area contributed by atoms with E-state index < -0.39 is 15.1 Å². The number of anilines is 1. The second kappa shape index (κ2) is 8.72. The monoisotopic (exact) mass is 464 g/mol. The van der Waals surface area contributed by atoms with E-state index in [0.29, 0.717) is 17.1 Å². The summed E-state index contributed by atoms with van der Waals surface area (Å²) >= 11 is 0. The molecule has 1 atom stereocenters. The molecule has 0 radical (unpaired) electrons. The zero-order valence-electron chi connectivity index (χ0n) is 18.4. The maximum Gasteiger partial charge on any atom is 0.270 e. The normalized spacial score (nSPS) is 12.8. The molecule has 0 bridgehead atoms. The SMILES string of the molecule is CC(N)c1ccc(-c2nnc(-c3nc(-c4ccc(S(=O)(=O)C(C)C)cc4)cnc3N)o2)cc1. The molecule has 0 amide bonds. The van der Waals surface area contributed by atoms with Crippen molar-refractivity contribution >= 4 is 15.7 Å². The highest BCUT2D eigenvalue weighted by molar-refractivity contribution is 7.92. The lowest BCUT2D eigenvalue weighted by atomic mass is 10.1. The Morgan fingerprint density at radius 1 is 0.879 bits per heavy atom. The van der Waals surface area contributed by atoms with Crippen LogP contribution in [-0.2, 0) is 9.84 Å². The van der Waals surface area contributed by atoms with Gasteiger partial charge in [0.1, 0.15) is 0 Å². The quantitative estimate of drug-likeness (QED) is 0.435. The van der Waals surface area contributed by atoms with E-state index in [1.54, 1.807) is 38.1 Å². The summed E-state index contributed by atoms with van der Waals surface area (Å²) in [5.74, 6) is 0.587. The first-order valence-electron chi connectivity index (χ1n) is 10.3. The van der Waals surface area contributed by atoms with Crippen molar-refractivity contribution < 1.29 is 12.8 Å². The van der Waals surface area contributed by atoms with Crippen molar-refractivity contribution in [2.75, 3.05) is 5.73 Å². The van der Waals surface area contributed by atoms with Gasteiger partial charge >= 0.3 is 0 Å². The fraction of sp³-hybridized carbons (Fsp3) is 0.217. The maximum absolute atomic E-state index is 12.4. The van der Waals surface area contributed by atoms with Crippen LogP contribution in [0.5, 0.6) is 0 Å². The minimum Gasteiger partial charge on any atom is -0.414 e. The molecule has 2 aromatic heterocycles. The zero-order valence-corrected chi connectivity index (χ0v) is 19.2. The summed E-state index contributed by atoms with van der Waals surface area (Å²) in [5.41, 5.74) is 15.1. The van der Waals surface area contributed by atoms with E-state index in [1.165, 1.54) is 6.20 Å². The third-order valence-electron chi connectivity index (χ3n) is 5.21. The number of rotatable bonds is 6. The Labute approximate surface area is 191 Å². The smallest absolute Gasteiger partial charge is 0.270 e. The van der Waals surface area contributed by atoms with Gasteiger partial charge in [0, 0.05) is 17.2 Å². The number of hydrogen-bond donors (Lipinski definition) is 2. The average Bonchev–Trinajstić information content (AvgIpc) is 3.29. The van der Waals surface area contributed by atoms with Crippen LogP contribution < -0.4 is 11.5 Å².